The van der Waals surface area contributed by atoms with E-state index in [0.29, 0.717) is 18.8 Å². The van der Waals surface area contributed by atoms with Crippen molar-refractivity contribution in [3.8, 4) is 0 Å². The summed E-state index contributed by atoms with van der Waals surface area (Å²) in [6.45, 7) is 2.63. The zero-order valence-corrected chi connectivity index (χ0v) is 17.2. The van der Waals surface area contributed by atoms with Crippen molar-refractivity contribution in [3.05, 3.63) is 0 Å². The molecule has 1 aliphatic carbocycles. The molecule has 0 amide bonds. The third kappa shape index (κ3) is 14.7. The van der Waals surface area contributed by atoms with Crippen LogP contribution in [-0.2, 0) is 4.74 Å². The maximum Gasteiger partial charge on any atom is 0.0841 e. The molecule has 0 aromatic carbocycles. The van der Waals surface area contributed by atoms with Crippen LogP contribution in [0.5, 0.6) is 0 Å². The van der Waals surface area contributed by atoms with E-state index in [2.05, 4.69) is 6.92 Å². The standard InChI is InChI=1S/C18H36O2.C5H10/c1-2-3-4-5-8-11-14-17-18(20-17)15-12-9-6-7-10-13-16-19;1-2-4-5-3-1/h17-19H,2-16H2,1H3;1-5H2. The van der Waals surface area contributed by atoms with Gasteiger partial charge in [-0.3, -0.25) is 0 Å². The Morgan fingerprint density at radius 3 is 1.44 bits per heavy atom. The van der Waals surface area contributed by atoms with E-state index in [4.69, 9.17) is 9.84 Å². The van der Waals surface area contributed by atoms with Gasteiger partial charge in [-0.2, -0.15) is 0 Å². The molecule has 0 bridgehead atoms. The average molecular weight is 355 g/mol. The van der Waals surface area contributed by atoms with Crippen molar-refractivity contribution in [1.82, 2.24) is 0 Å². The van der Waals surface area contributed by atoms with E-state index >= 15 is 0 Å². The lowest BCUT2D eigenvalue weighted by Gasteiger charge is -2.00. The van der Waals surface area contributed by atoms with Crippen molar-refractivity contribution in [1.29, 1.82) is 0 Å². The molecule has 25 heavy (non-hydrogen) atoms. The summed E-state index contributed by atoms with van der Waals surface area (Å²) < 4.78 is 5.76. The van der Waals surface area contributed by atoms with Gasteiger partial charge in [-0.25, -0.2) is 0 Å². The third-order valence-electron chi connectivity index (χ3n) is 5.68. The van der Waals surface area contributed by atoms with E-state index < -0.39 is 0 Å². The van der Waals surface area contributed by atoms with Crippen LogP contribution in [-0.4, -0.2) is 23.9 Å². The quantitative estimate of drug-likeness (QED) is 0.249. The van der Waals surface area contributed by atoms with Gasteiger partial charge in [0.25, 0.3) is 0 Å². The van der Waals surface area contributed by atoms with E-state index in [1.54, 1.807) is 0 Å². The molecule has 2 nitrogen and oxygen atoms in total. The Bertz CT molecular complexity index is 255. The van der Waals surface area contributed by atoms with Crippen LogP contribution < -0.4 is 0 Å². The zero-order chi connectivity index (χ0) is 18.0. The SMILES string of the molecule is C1CCCC1.CCCCCCCCC1OC1CCCCCCCCO. The molecule has 150 valence electrons. The first kappa shape index (κ1) is 23.0. The van der Waals surface area contributed by atoms with Crippen LogP contribution in [0.4, 0.5) is 0 Å². The Morgan fingerprint density at radius 2 is 1.00 bits per heavy atom. The molecule has 1 N–H and O–H groups in total. The highest BCUT2D eigenvalue weighted by Crippen LogP contribution is 2.31. The summed E-state index contributed by atoms with van der Waals surface area (Å²) in [6.07, 6.45) is 27.1. The molecule has 2 aliphatic rings. The summed E-state index contributed by atoms with van der Waals surface area (Å²) in [7, 11) is 0. The molecular formula is C23H46O2. The normalized spacial score (nSPS) is 21.8. The number of ether oxygens (including phenoxy) is 1. The van der Waals surface area contributed by atoms with Crippen LogP contribution in [0.2, 0.25) is 0 Å². The highest BCUT2D eigenvalue weighted by molar-refractivity contribution is 4.84. The number of hydrogen-bond donors (Lipinski definition) is 1. The molecule has 1 saturated heterocycles. The summed E-state index contributed by atoms with van der Waals surface area (Å²) >= 11 is 0. The van der Waals surface area contributed by atoms with E-state index in [0.717, 1.165) is 6.42 Å². The fourth-order valence-electron chi connectivity index (χ4n) is 3.86. The van der Waals surface area contributed by atoms with Gasteiger partial charge in [-0.05, 0) is 19.3 Å². The summed E-state index contributed by atoms with van der Waals surface area (Å²) in [6, 6.07) is 0. The predicted molar refractivity (Wildman–Crippen MR) is 109 cm³/mol. The summed E-state index contributed by atoms with van der Waals surface area (Å²) in [4.78, 5) is 0. The molecule has 2 unspecified atom stereocenters. The van der Waals surface area contributed by atoms with Crippen molar-refractivity contribution in [2.75, 3.05) is 6.61 Å². The largest absolute Gasteiger partial charge is 0.396 e. The maximum atomic E-state index is 8.69. The molecule has 1 aliphatic heterocycles. The Kier molecular flexibility index (Phi) is 15.9. The van der Waals surface area contributed by atoms with E-state index in [1.165, 1.54) is 116 Å². The fourth-order valence-corrected chi connectivity index (χ4v) is 3.86. The Labute approximate surface area is 158 Å². The second-order valence-corrected chi connectivity index (χ2v) is 8.17. The van der Waals surface area contributed by atoms with Gasteiger partial charge in [0.05, 0.1) is 12.2 Å². The molecule has 2 fully saturated rings. The zero-order valence-electron chi connectivity index (χ0n) is 17.2. The Morgan fingerprint density at radius 1 is 0.600 bits per heavy atom. The van der Waals surface area contributed by atoms with E-state index in [9.17, 15) is 0 Å². The first-order valence-electron chi connectivity index (χ1n) is 11.6. The number of aliphatic hydroxyl groups is 1. The lowest BCUT2D eigenvalue weighted by atomic mass is 10.0. The van der Waals surface area contributed by atoms with Crippen LogP contribution in [0.15, 0.2) is 0 Å². The van der Waals surface area contributed by atoms with Crippen LogP contribution >= 0.6 is 0 Å². The monoisotopic (exact) mass is 354 g/mol. The lowest BCUT2D eigenvalue weighted by molar-refractivity contribution is 0.282. The molecule has 1 heterocycles. The minimum absolute atomic E-state index is 0.357. The van der Waals surface area contributed by atoms with Crippen molar-refractivity contribution in [2.24, 2.45) is 0 Å². The van der Waals surface area contributed by atoms with Crippen molar-refractivity contribution >= 4 is 0 Å². The topological polar surface area (TPSA) is 32.8 Å². The number of rotatable bonds is 15. The molecular weight excluding hydrogens is 308 g/mol. The van der Waals surface area contributed by atoms with E-state index in [1.807, 2.05) is 0 Å². The first-order valence-corrected chi connectivity index (χ1v) is 11.6. The Balaban J connectivity index is 0.000000531. The highest BCUT2D eigenvalue weighted by atomic mass is 16.6. The summed E-state index contributed by atoms with van der Waals surface area (Å²) in [5, 5.41) is 8.69. The second-order valence-electron chi connectivity index (χ2n) is 8.17. The van der Waals surface area contributed by atoms with Crippen LogP contribution in [0.3, 0.4) is 0 Å². The summed E-state index contributed by atoms with van der Waals surface area (Å²) in [5.74, 6) is 0. The van der Waals surface area contributed by atoms with Gasteiger partial charge in [-0.15, -0.1) is 0 Å². The summed E-state index contributed by atoms with van der Waals surface area (Å²) in [5.41, 5.74) is 0. The number of aliphatic hydroxyl groups excluding tert-OH is 1. The van der Waals surface area contributed by atoms with Crippen molar-refractivity contribution < 1.29 is 9.84 Å². The van der Waals surface area contributed by atoms with Gasteiger partial charge in [0.15, 0.2) is 0 Å². The number of hydrogen-bond acceptors (Lipinski definition) is 2. The highest BCUT2D eigenvalue weighted by Gasteiger charge is 2.36. The molecule has 2 atom stereocenters. The van der Waals surface area contributed by atoms with Gasteiger partial charge in [0.1, 0.15) is 0 Å². The number of epoxide rings is 1. The molecule has 0 aromatic heterocycles. The molecule has 0 spiro atoms. The van der Waals surface area contributed by atoms with Crippen LogP contribution in [0.25, 0.3) is 0 Å². The van der Waals surface area contributed by atoms with Gasteiger partial charge < -0.3 is 9.84 Å². The smallest absolute Gasteiger partial charge is 0.0841 e. The third-order valence-corrected chi connectivity index (χ3v) is 5.68. The molecule has 0 radical (unpaired) electrons. The van der Waals surface area contributed by atoms with Crippen molar-refractivity contribution in [2.45, 2.75) is 141 Å². The Hall–Kier alpha value is -0.0800. The molecule has 2 heteroatoms. The fraction of sp³-hybridized carbons (Fsp3) is 1.00. The van der Waals surface area contributed by atoms with Gasteiger partial charge in [0, 0.05) is 6.61 Å². The van der Waals surface area contributed by atoms with Crippen LogP contribution in [0.1, 0.15) is 129 Å². The minimum Gasteiger partial charge on any atom is -0.396 e. The van der Waals surface area contributed by atoms with Crippen LogP contribution in [0, 0.1) is 0 Å². The second kappa shape index (κ2) is 17.3. The molecule has 0 aromatic rings. The van der Waals surface area contributed by atoms with Gasteiger partial charge in [-0.1, -0.05) is 110 Å². The molecule has 1 saturated carbocycles. The predicted octanol–water partition coefficient (Wildman–Crippen LogP) is 7.18. The van der Waals surface area contributed by atoms with Crippen molar-refractivity contribution in [3.63, 3.8) is 0 Å². The first-order chi connectivity index (χ1) is 12.4. The maximum absolute atomic E-state index is 8.69. The van der Waals surface area contributed by atoms with Gasteiger partial charge in [0.2, 0.25) is 0 Å². The van der Waals surface area contributed by atoms with E-state index in [-0.39, 0.29) is 0 Å². The van der Waals surface area contributed by atoms with Gasteiger partial charge >= 0.3 is 0 Å². The minimum atomic E-state index is 0.357. The molecule has 2 rings (SSSR count). The lowest BCUT2D eigenvalue weighted by Crippen LogP contribution is -1.95. The average Bonchev–Trinajstić information content (AvgIpc) is 3.10. The number of unbranched alkanes of at least 4 members (excludes halogenated alkanes) is 10.